The van der Waals surface area contributed by atoms with Crippen molar-refractivity contribution in [1.29, 1.82) is 0 Å². The maximum Gasteiger partial charge on any atom is 0.262 e. The maximum absolute atomic E-state index is 12.9. The average molecular weight is 472 g/mol. The molecule has 6 nitrogen and oxygen atoms in total. The van der Waals surface area contributed by atoms with E-state index < -0.39 is 0 Å². The third-order valence-electron chi connectivity index (χ3n) is 3.83. The highest BCUT2D eigenvalue weighted by Crippen LogP contribution is 2.24. The van der Waals surface area contributed by atoms with Crippen molar-refractivity contribution in [3.05, 3.63) is 55.9 Å². The lowest BCUT2D eigenvalue weighted by molar-refractivity contribution is -0.113. The van der Waals surface area contributed by atoms with Gasteiger partial charge in [0.1, 0.15) is 0 Å². The van der Waals surface area contributed by atoms with Crippen LogP contribution in [0.3, 0.4) is 0 Å². The summed E-state index contributed by atoms with van der Waals surface area (Å²) in [6.07, 6.45) is 1.39. The van der Waals surface area contributed by atoms with Crippen molar-refractivity contribution >= 4 is 69.2 Å². The molecule has 0 aliphatic heterocycles. The summed E-state index contributed by atoms with van der Waals surface area (Å²) in [5.74, 6) is 0.143. The molecule has 10 heteroatoms. The van der Waals surface area contributed by atoms with Gasteiger partial charge in [0.2, 0.25) is 5.91 Å². The topological polar surface area (TPSA) is 76.9 Å². The molecular weight excluding hydrogens is 455 g/mol. The van der Waals surface area contributed by atoms with Crippen LogP contribution in [0.1, 0.15) is 13.8 Å². The van der Waals surface area contributed by atoms with Crippen LogP contribution in [0.25, 0.3) is 10.9 Å². The molecule has 1 amide bonds. The number of thioether (sulfide) groups is 1. The van der Waals surface area contributed by atoms with Gasteiger partial charge in [0.05, 0.1) is 26.7 Å². The predicted molar refractivity (Wildman–Crippen MR) is 119 cm³/mol. The summed E-state index contributed by atoms with van der Waals surface area (Å²) in [5, 5.41) is 4.67. The zero-order chi connectivity index (χ0) is 21.1. The number of benzene rings is 1. The second-order valence-electron chi connectivity index (χ2n) is 6.69. The second kappa shape index (κ2) is 9.34. The van der Waals surface area contributed by atoms with Gasteiger partial charge >= 0.3 is 0 Å². The molecule has 3 rings (SSSR count). The highest BCUT2D eigenvalue weighted by molar-refractivity contribution is 7.99. The minimum Gasteiger partial charge on any atom is -0.309 e. The molecule has 2 heterocycles. The van der Waals surface area contributed by atoms with Crippen molar-refractivity contribution in [3.8, 4) is 0 Å². The Kier molecular flexibility index (Phi) is 7.05. The third-order valence-corrected chi connectivity index (χ3v) is 5.53. The first-order valence-electron chi connectivity index (χ1n) is 8.68. The van der Waals surface area contributed by atoms with Gasteiger partial charge in [-0.15, -0.1) is 0 Å². The Hall–Kier alpha value is -1.80. The summed E-state index contributed by atoms with van der Waals surface area (Å²) in [6, 6.07) is 6.46. The Balaban J connectivity index is 1.86. The molecule has 0 spiro atoms. The van der Waals surface area contributed by atoms with Gasteiger partial charge in [-0.2, -0.15) is 0 Å². The van der Waals surface area contributed by atoms with E-state index in [2.05, 4.69) is 15.3 Å². The minimum atomic E-state index is -0.330. The predicted octanol–water partition coefficient (Wildman–Crippen LogP) is 5.14. The van der Waals surface area contributed by atoms with E-state index in [9.17, 15) is 9.59 Å². The Bertz CT molecular complexity index is 1130. The summed E-state index contributed by atoms with van der Waals surface area (Å²) in [7, 11) is 0. The van der Waals surface area contributed by atoms with Crippen molar-refractivity contribution in [2.45, 2.75) is 25.5 Å². The van der Waals surface area contributed by atoms with E-state index in [4.69, 9.17) is 34.8 Å². The summed E-state index contributed by atoms with van der Waals surface area (Å²) >= 11 is 19.1. The number of carbonyl (C=O) groups excluding carboxylic acids is 1. The van der Waals surface area contributed by atoms with E-state index in [0.717, 1.165) is 11.8 Å². The van der Waals surface area contributed by atoms with E-state index in [1.54, 1.807) is 22.8 Å². The summed E-state index contributed by atoms with van der Waals surface area (Å²) in [6.45, 7) is 4.50. The second-order valence-corrected chi connectivity index (χ2v) is 8.91. The van der Waals surface area contributed by atoms with Gasteiger partial charge in [-0.3, -0.25) is 14.2 Å². The number of hydrogen-bond acceptors (Lipinski definition) is 5. The van der Waals surface area contributed by atoms with Crippen LogP contribution in [0, 0.1) is 5.92 Å². The molecule has 152 valence electrons. The van der Waals surface area contributed by atoms with Crippen LogP contribution in [0.5, 0.6) is 0 Å². The Labute approximate surface area is 186 Å². The van der Waals surface area contributed by atoms with Crippen LogP contribution in [0.4, 0.5) is 5.82 Å². The standard InChI is InChI=1S/C19H17Cl3N4O2S/c1-10(2)8-26-18(28)13-4-3-11(20)6-15(13)24-19(26)29-9-16(27)25-17-14(22)5-12(21)7-23-17/h3-7,10H,8-9H2,1-2H3,(H,23,25,27). The number of anilines is 1. The molecule has 0 unspecified atom stereocenters. The van der Waals surface area contributed by atoms with Crippen molar-refractivity contribution < 1.29 is 4.79 Å². The number of nitrogens with one attached hydrogen (secondary N) is 1. The van der Waals surface area contributed by atoms with Crippen molar-refractivity contribution in [3.63, 3.8) is 0 Å². The Morgan fingerprint density at radius 1 is 1.21 bits per heavy atom. The van der Waals surface area contributed by atoms with Gasteiger partial charge in [0.15, 0.2) is 11.0 Å². The SMILES string of the molecule is CC(C)Cn1c(SCC(=O)Nc2ncc(Cl)cc2Cl)nc2cc(Cl)ccc2c1=O. The first-order chi connectivity index (χ1) is 13.7. The zero-order valence-electron chi connectivity index (χ0n) is 15.6. The molecule has 0 aliphatic carbocycles. The van der Waals surface area contributed by atoms with Crippen LogP contribution in [0.2, 0.25) is 15.1 Å². The summed E-state index contributed by atoms with van der Waals surface area (Å²) in [5.41, 5.74) is 0.332. The van der Waals surface area contributed by atoms with Gasteiger partial charge in [-0.05, 0) is 30.2 Å². The van der Waals surface area contributed by atoms with Crippen molar-refractivity contribution in [1.82, 2.24) is 14.5 Å². The number of halogens is 3. The fourth-order valence-electron chi connectivity index (χ4n) is 2.61. The molecule has 0 bridgehead atoms. The number of amides is 1. The molecule has 0 aliphatic rings. The van der Waals surface area contributed by atoms with Gasteiger partial charge in [-0.1, -0.05) is 60.4 Å². The van der Waals surface area contributed by atoms with Gasteiger partial charge in [-0.25, -0.2) is 9.97 Å². The van der Waals surface area contributed by atoms with Gasteiger partial charge in [0, 0.05) is 17.8 Å². The van der Waals surface area contributed by atoms with E-state index >= 15 is 0 Å². The van der Waals surface area contributed by atoms with E-state index in [1.807, 2.05) is 13.8 Å². The lowest BCUT2D eigenvalue weighted by Crippen LogP contribution is -2.26. The highest BCUT2D eigenvalue weighted by atomic mass is 35.5. The maximum atomic E-state index is 12.9. The zero-order valence-corrected chi connectivity index (χ0v) is 18.7. The van der Waals surface area contributed by atoms with Crippen LogP contribution < -0.4 is 10.9 Å². The van der Waals surface area contributed by atoms with E-state index in [1.165, 1.54) is 12.3 Å². The number of rotatable bonds is 6. The molecule has 0 fully saturated rings. The molecule has 29 heavy (non-hydrogen) atoms. The smallest absolute Gasteiger partial charge is 0.262 e. The molecule has 3 aromatic rings. The normalized spacial score (nSPS) is 11.2. The highest BCUT2D eigenvalue weighted by Gasteiger charge is 2.15. The number of nitrogens with zero attached hydrogens (tertiary/aromatic N) is 3. The molecule has 1 aromatic carbocycles. The number of fused-ring (bicyclic) bond motifs is 1. The summed E-state index contributed by atoms with van der Waals surface area (Å²) < 4.78 is 1.59. The number of hydrogen-bond donors (Lipinski definition) is 1. The van der Waals surface area contributed by atoms with Crippen LogP contribution in [-0.2, 0) is 11.3 Å². The largest absolute Gasteiger partial charge is 0.309 e. The van der Waals surface area contributed by atoms with Gasteiger partial charge < -0.3 is 5.32 Å². The first kappa shape index (κ1) is 21.9. The van der Waals surface area contributed by atoms with Crippen LogP contribution in [-0.4, -0.2) is 26.2 Å². The first-order valence-corrected chi connectivity index (χ1v) is 10.8. The van der Waals surface area contributed by atoms with Crippen LogP contribution in [0.15, 0.2) is 40.4 Å². The quantitative estimate of drug-likeness (QED) is 0.398. The minimum absolute atomic E-state index is 0.0250. The molecular formula is C19H17Cl3N4O2S. The van der Waals surface area contributed by atoms with Gasteiger partial charge in [0.25, 0.3) is 5.56 Å². The Morgan fingerprint density at radius 3 is 2.66 bits per heavy atom. The fourth-order valence-corrected chi connectivity index (χ4v) is 4.02. The van der Waals surface area contributed by atoms with E-state index in [-0.39, 0.29) is 34.0 Å². The van der Waals surface area contributed by atoms with Crippen molar-refractivity contribution in [2.24, 2.45) is 5.92 Å². The van der Waals surface area contributed by atoms with Crippen LogP contribution >= 0.6 is 46.6 Å². The lowest BCUT2D eigenvalue weighted by atomic mass is 10.2. The Morgan fingerprint density at radius 2 is 1.97 bits per heavy atom. The number of pyridine rings is 1. The summed E-state index contributed by atoms with van der Waals surface area (Å²) in [4.78, 5) is 33.9. The molecule has 0 radical (unpaired) electrons. The number of aromatic nitrogens is 3. The lowest BCUT2D eigenvalue weighted by Gasteiger charge is -2.15. The average Bonchev–Trinajstić information content (AvgIpc) is 2.64. The molecule has 0 saturated carbocycles. The molecule has 0 atom stereocenters. The molecule has 1 N–H and O–H groups in total. The fraction of sp³-hybridized carbons (Fsp3) is 0.263. The molecule has 2 aromatic heterocycles. The molecule has 0 saturated heterocycles. The number of carbonyl (C=O) groups is 1. The monoisotopic (exact) mass is 470 g/mol. The van der Waals surface area contributed by atoms with Crippen molar-refractivity contribution in [2.75, 3.05) is 11.1 Å². The van der Waals surface area contributed by atoms with E-state index in [0.29, 0.717) is 32.6 Å². The third kappa shape index (κ3) is 5.42.